The molecule has 0 spiro atoms. The molecule has 0 heterocycles. The van der Waals surface area contributed by atoms with Gasteiger partial charge in [-0.2, -0.15) is 0 Å². The van der Waals surface area contributed by atoms with Crippen LogP contribution in [0.1, 0.15) is 27.2 Å². The molecule has 0 unspecified atom stereocenters. The van der Waals surface area contributed by atoms with Crippen LogP contribution in [-0.2, 0) is 0 Å². The Morgan fingerprint density at radius 3 is 2.30 bits per heavy atom. The Balaban J connectivity index is 3.85. The Hall–Kier alpha value is -0.780. The fourth-order valence-electron chi connectivity index (χ4n) is 0.708. The molecule has 10 heavy (non-hydrogen) atoms. The maximum Gasteiger partial charge on any atom is -0.0311 e. The summed E-state index contributed by atoms with van der Waals surface area (Å²) in [7, 11) is 0. The molecule has 0 aliphatic rings. The number of hydrogen-bond donors (Lipinski definition) is 0. The van der Waals surface area contributed by atoms with E-state index in [1.165, 1.54) is 5.57 Å². The van der Waals surface area contributed by atoms with E-state index in [0.29, 0.717) is 0 Å². The standard InChI is InChI=1S/C10H16/c1-4-7-8-9-10(5-2)6-3/h4-5,7-9H,6H2,1-3H3/b7-4-,9-8-,10-5-. The van der Waals surface area contributed by atoms with Gasteiger partial charge >= 0.3 is 0 Å². The molecule has 0 aliphatic carbocycles. The Bertz CT molecular complexity index is 147. The zero-order valence-corrected chi connectivity index (χ0v) is 7.09. The molecule has 0 fully saturated rings. The van der Waals surface area contributed by atoms with Crippen molar-refractivity contribution < 1.29 is 0 Å². The molecule has 0 amide bonds. The van der Waals surface area contributed by atoms with Gasteiger partial charge in [0, 0.05) is 0 Å². The monoisotopic (exact) mass is 136 g/mol. The van der Waals surface area contributed by atoms with Crippen LogP contribution in [0.15, 0.2) is 36.0 Å². The Morgan fingerprint density at radius 1 is 1.20 bits per heavy atom. The molecule has 0 aliphatic heterocycles. The summed E-state index contributed by atoms with van der Waals surface area (Å²) >= 11 is 0. The second kappa shape index (κ2) is 6.34. The van der Waals surface area contributed by atoms with Gasteiger partial charge in [0.15, 0.2) is 0 Å². The zero-order valence-electron chi connectivity index (χ0n) is 7.09. The third-order valence-electron chi connectivity index (χ3n) is 1.39. The minimum absolute atomic E-state index is 1.12. The molecule has 0 bridgehead atoms. The third kappa shape index (κ3) is 4.13. The van der Waals surface area contributed by atoms with Crippen molar-refractivity contribution in [3.8, 4) is 0 Å². The molecular weight excluding hydrogens is 120 g/mol. The predicted molar refractivity (Wildman–Crippen MR) is 48.0 cm³/mol. The summed E-state index contributed by atoms with van der Waals surface area (Å²) in [5.74, 6) is 0. The highest BCUT2D eigenvalue weighted by Crippen LogP contribution is 2.01. The summed E-state index contributed by atoms with van der Waals surface area (Å²) in [5, 5.41) is 0. The number of hydrogen-bond acceptors (Lipinski definition) is 0. The van der Waals surface area contributed by atoms with E-state index in [1.54, 1.807) is 0 Å². The van der Waals surface area contributed by atoms with Crippen LogP contribution in [0.25, 0.3) is 0 Å². The van der Waals surface area contributed by atoms with E-state index < -0.39 is 0 Å². The highest BCUT2D eigenvalue weighted by atomic mass is 13.9. The van der Waals surface area contributed by atoms with Crippen molar-refractivity contribution in [1.82, 2.24) is 0 Å². The van der Waals surface area contributed by atoms with Crippen LogP contribution in [0, 0.1) is 0 Å². The summed E-state index contributed by atoms with van der Waals surface area (Å²) in [6.07, 6.45) is 11.5. The van der Waals surface area contributed by atoms with E-state index >= 15 is 0 Å². The first-order valence-electron chi connectivity index (χ1n) is 3.79. The van der Waals surface area contributed by atoms with Gasteiger partial charge in [-0.25, -0.2) is 0 Å². The van der Waals surface area contributed by atoms with E-state index in [0.717, 1.165) is 6.42 Å². The van der Waals surface area contributed by atoms with Crippen LogP contribution in [-0.4, -0.2) is 0 Å². The highest BCUT2D eigenvalue weighted by Gasteiger charge is 1.80. The number of rotatable bonds is 3. The molecule has 0 aromatic rings. The number of allylic oxidation sites excluding steroid dienone is 6. The second-order valence-corrected chi connectivity index (χ2v) is 2.10. The van der Waals surface area contributed by atoms with Gasteiger partial charge in [-0.1, -0.05) is 42.9 Å². The van der Waals surface area contributed by atoms with Crippen molar-refractivity contribution in [3.05, 3.63) is 36.0 Å². The van der Waals surface area contributed by atoms with Gasteiger partial charge in [-0.15, -0.1) is 0 Å². The normalized spacial score (nSPS) is 13.7. The average Bonchev–Trinajstić information content (AvgIpc) is 1.99. The maximum atomic E-state index is 2.16. The van der Waals surface area contributed by atoms with E-state index in [2.05, 4.69) is 32.1 Å². The average molecular weight is 136 g/mol. The van der Waals surface area contributed by atoms with Crippen molar-refractivity contribution in [3.63, 3.8) is 0 Å². The molecule has 0 nitrogen and oxygen atoms in total. The lowest BCUT2D eigenvalue weighted by atomic mass is 10.2. The quantitative estimate of drug-likeness (QED) is 0.521. The Kier molecular flexibility index (Phi) is 5.85. The Labute approximate surface area is 64.0 Å². The minimum atomic E-state index is 1.12. The van der Waals surface area contributed by atoms with Crippen LogP contribution >= 0.6 is 0 Å². The molecule has 0 atom stereocenters. The summed E-state index contributed by atoms with van der Waals surface area (Å²) in [5.41, 5.74) is 1.39. The van der Waals surface area contributed by atoms with Crippen LogP contribution < -0.4 is 0 Å². The summed E-state index contributed by atoms with van der Waals surface area (Å²) in [6, 6.07) is 0. The SMILES string of the molecule is C\C=C/C=C\C(=C/C)CC. The second-order valence-electron chi connectivity index (χ2n) is 2.10. The molecule has 0 aromatic heterocycles. The first kappa shape index (κ1) is 9.22. The third-order valence-corrected chi connectivity index (χ3v) is 1.39. The van der Waals surface area contributed by atoms with Crippen LogP contribution in [0.2, 0.25) is 0 Å². The van der Waals surface area contributed by atoms with Crippen LogP contribution in [0.5, 0.6) is 0 Å². The van der Waals surface area contributed by atoms with Gasteiger partial charge in [0.1, 0.15) is 0 Å². The molecule has 0 heteroatoms. The van der Waals surface area contributed by atoms with Crippen LogP contribution in [0.3, 0.4) is 0 Å². The van der Waals surface area contributed by atoms with Crippen molar-refractivity contribution in [2.45, 2.75) is 27.2 Å². The summed E-state index contributed by atoms with van der Waals surface area (Å²) in [4.78, 5) is 0. The lowest BCUT2D eigenvalue weighted by molar-refractivity contribution is 1.14. The van der Waals surface area contributed by atoms with E-state index in [-0.39, 0.29) is 0 Å². The predicted octanol–water partition coefficient (Wildman–Crippen LogP) is 3.48. The molecule has 0 rings (SSSR count). The summed E-state index contributed by atoms with van der Waals surface area (Å²) in [6.45, 7) is 6.25. The molecule has 0 N–H and O–H groups in total. The van der Waals surface area contributed by atoms with Crippen molar-refractivity contribution in [1.29, 1.82) is 0 Å². The van der Waals surface area contributed by atoms with Crippen molar-refractivity contribution in [2.75, 3.05) is 0 Å². The lowest BCUT2D eigenvalue weighted by Gasteiger charge is -1.90. The smallest absolute Gasteiger partial charge is 0.0311 e. The van der Waals surface area contributed by atoms with Gasteiger partial charge in [0.25, 0.3) is 0 Å². The maximum absolute atomic E-state index is 2.16. The minimum Gasteiger partial charge on any atom is -0.0877 e. The fraction of sp³-hybridized carbons (Fsp3) is 0.400. The van der Waals surface area contributed by atoms with Crippen LogP contribution in [0.4, 0.5) is 0 Å². The molecule has 0 aromatic carbocycles. The molecule has 56 valence electrons. The zero-order chi connectivity index (χ0) is 7.82. The van der Waals surface area contributed by atoms with E-state index in [1.807, 2.05) is 19.1 Å². The largest absolute Gasteiger partial charge is 0.0877 e. The first-order chi connectivity index (χ1) is 4.85. The molecule has 0 radical (unpaired) electrons. The topological polar surface area (TPSA) is 0 Å². The van der Waals surface area contributed by atoms with Crippen molar-refractivity contribution >= 4 is 0 Å². The van der Waals surface area contributed by atoms with Gasteiger partial charge in [0.2, 0.25) is 0 Å². The van der Waals surface area contributed by atoms with Gasteiger partial charge < -0.3 is 0 Å². The molecule has 0 saturated carbocycles. The van der Waals surface area contributed by atoms with Gasteiger partial charge in [0.05, 0.1) is 0 Å². The lowest BCUT2D eigenvalue weighted by Crippen LogP contribution is -1.70. The van der Waals surface area contributed by atoms with Crippen molar-refractivity contribution in [2.24, 2.45) is 0 Å². The highest BCUT2D eigenvalue weighted by molar-refractivity contribution is 5.20. The van der Waals surface area contributed by atoms with Gasteiger partial charge in [-0.05, 0) is 20.3 Å². The van der Waals surface area contributed by atoms with Gasteiger partial charge in [-0.3, -0.25) is 0 Å². The van der Waals surface area contributed by atoms with E-state index in [4.69, 9.17) is 0 Å². The first-order valence-corrected chi connectivity index (χ1v) is 3.79. The molecule has 0 saturated heterocycles. The summed E-state index contributed by atoms with van der Waals surface area (Å²) < 4.78 is 0. The Morgan fingerprint density at radius 2 is 1.90 bits per heavy atom. The fourth-order valence-corrected chi connectivity index (χ4v) is 0.708. The van der Waals surface area contributed by atoms with E-state index in [9.17, 15) is 0 Å². The molecular formula is C10H16.